The monoisotopic (exact) mass is 261 g/mol. The Morgan fingerprint density at radius 1 is 1.62 bits per heavy atom. The minimum Gasteiger partial charge on any atom is -0.480 e. The molecule has 0 bridgehead atoms. The number of hydrogen-bond acceptors (Lipinski definition) is 3. The lowest BCUT2D eigenvalue weighted by atomic mass is 10.1. The van der Waals surface area contributed by atoms with Crippen LogP contribution < -0.4 is 5.32 Å². The first kappa shape index (κ1) is 13.0. The van der Waals surface area contributed by atoms with Gasteiger partial charge >= 0.3 is 5.97 Å². The SMILES string of the molecule is CCC[C@H](NC(=O)c1sccc1Cl)C(=O)O. The fourth-order valence-electron chi connectivity index (χ4n) is 1.23. The van der Waals surface area contributed by atoms with Gasteiger partial charge in [0.05, 0.1) is 5.02 Å². The number of amides is 1. The quantitative estimate of drug-likeness (QED) is 0.855. The van der Waals surface area contributed by atoms with Crippen molar-refractivity contribution < 1.29 is 14.7 Å². The van der Waals surface area contributed by atoms with Gasteiger partial charge in [-0.05, 0) is 17.9 Å². The summed E-state index contributed by atoms with van der Waals surface area (Å²) < 4.78 is 0. The highest BCUT2D eigenvalue weighted by molar-refractivity contribution is 7.12. The number of aliphatic carboxylic acids is 1. The first-order valence-corrected chi connectivity index (χ1v) is 6.08. The summed E-state index contributed by atoms with van der Waals surface area (Å²) in [7, 11) is 0. The van der Waals surface area contributed by atoms with E-state index in [1.54, 1.807) is 11.4 Å². The van der Waals surface area contributed by atoms with Crippen LogP contribution in [0.5, 0.6) is 0 Å². The van der Waals surface area contributed by atoms with Gasteiger partial charge in [-0.1, -0.05) is 24.9 Å². The third kappa shape index (κ3) is 3.21. The van der Waals surface area contributed by atoms with Gasteiger partial charge in [-0.2, -0.15) is 0 Å². The summed E-state index contributed by atoms with van der Waals surface area (Å²) in [6.07, 6.45) is 1.10. The molecule has 88 valence electrons. The Labute approximate surface area is 102 Å². The lowest BCUT2D eigenvalue weighted by molar-refractivity contribution is -0.139. The van der Waals surface area contributed by atoms with E-state index in [1.807, 2.05) is 6.92 Å². The second-order valence-electron chi connectivity index (χ2n) is 3.25. The summed E-state index contributed by atoms with van der Waals surface area (Å²) in [5, 5.41) is 13.4. The zero-order valence-corrected chi connectivity index (χ0v) is 10.3. The highest BCUT2D eigenvalue weighted by Gasteiger charge is 2.21. The maximum Gasteiger partial charge on any atom is 0.326 e. The Morgan fingerprint density at radius 2 is 2.31 bits per heavy atom. The van der Waals surface area contributed by atoms with Gasteiger partial charge in [0, 0.05) is 0 Å². The molecule has 6 heteroatoms. The Morgan fingerprint density at radius 3 is 2.75 bits per heavy atom. The first-order chi connectivity index (χ1) is 7.56. The summed E-state index contributed by atoms with van der Waals surface area (Å²) in [4.78, 5) is 22.9. The van der Waals surface area contributed by atoms with Crippen molar-refractivity contribution >= 4 is 34.8 Å². The highest BCUT2D eigenvalue weighted by Crippen LogP contribution is 2.21. The Bertz CT molecular complexity index is 391. The fourth-order valence-corrected chi connectivity index (χ4v) is 2.27. The second-order valence-corrected chi connectivity index (χ2v) is 4.57. The van der Waals surface area contributed by atoms with Crippen molar-refractivity contribution in [1.82, 2.24) is 5.32 Å². The summed E-state index contributed by atoms with van der Waals surface area (Å²) in [6, 6.07) is 0.757. The molecule has 1 aromatic heterocycles. The van der Waals surface area contributed by atoms with E-state index in [0.29, 0.717) is 22.7 Å². The van der Waals surface area contributed by atoms with Gasteiger partial charge in [0.1, 0.15) is 10.9 Å². The molecule has 1 rings (SSSR count). The number of nitrogens with one attached hydrogen (secondary N) is 1. The van der Waals surface area contributed by atoms with Crippen LogP contribution in [-0.2, 0) is 4.79 Å². The average molecular weight is 262 g/mol. The summed E-state index contributed by atoms with van der Waals surface area (Å²) in [5.74, 6) is -1.45. The van der Waals surface area contributed by atoms with E-state index >= 15 is 0 Å². The van der Waals surface area contributed by atoms with Crippen molar-refractivity contribution in [3.8, 4) is 0 Å². The molecule has 0 spiro atoms. The van der Waals surface area contributed by atoms with E-state index in [9.17, 15) is 9.59 Å². The van der Waals surface area contributed by atoms with Crippen molar-refractivity contribution in [2.75, 3.05) is 0 Å². The predicted molar refractivity (Wildman–Crippen MR) is 63.1 cm³/mol. The maximum atomic E-state index is 11.7. The van der Waals surface area contributed by atoms with Crippen LogP contribution in [0.4, 0.5) is 0 Å². The minimum absolute atomic E-state index is 0.350. The molecule has 0 unspecified atom stereocenters. The molecule has 1 heterocycles. The van der Waals surface area contributed by atoms with E-state index in [0.717, 1.165) is 0 Å². The molecule has 0 radical (unpaired) electrons. The van der Waals surface area contributed by atoms with Crippen LogP contribution in [0.2, 0.25) is 5.02 Å². The molecule has 0 saturated heterocycles. The van der Waals surface area contributed by atoms with Gasteiger partial charge < -0.3 is 10.4 Å². The molecule has 0 aliphatic heterocycles. The number of halogens is 1. The first-order valence-electron chi connectivity index (χ1n) is 4.83. The van der Waals surface area contributed by atoms with Crippen molar-refractivity contribution in [3.63, 3.8) is 0 Å². The van der Waals surface area contributed by atoms with E-state index in [4.69, 9.17) is 16.7 Å². The van der Waals surface area contributed by atoms with Crippen LogP contribution in [0, 0.1) is 0 Å². The molecule has 16 heavy (non-hydrogen) atoms. The Kier molecular flexibility index (Phi) is 4.76. The minimum atomic E-state index is -1.03. The third-order valence-corrected chi connectivity index (χ3v) is 3.34. The van der Waals surface area contributed by atoms with Crippen LogP contribution in [0.25, 0.3) is 0 Å². The molecule has 0 aliphatic carbocycles. The molecule has 1 amide bonds. The lowest BCUT2D eigenvalue weighted by Crippen LogP contribution is -2.40. The number of hydrogen-bond donors (Lipinski definition) is 2. The Balaban J connectivity index is 2.69. The number of carboxylic acid groups (broad SMARTS) is 1. The van der Waals surface area contributed by atoms with Crippen molar-refractivity contribution in [2.24, 2.45) is 0 Å². The lowest BCUT2D eigenvalue weighted by Gasteiger charge is -2.12. The van der Waals surface area contributed by atoms with Gasteiger partial charge in [0.25, 0.3) is 5.91 Å². The highest BCUT2D eigenvalue weighted by atomic mass is 35.5. The van der Waals surface area contributed by atoms with Crippen LogP contribution in [0.15, 0.2) is 11.4 Å². The topological polar surface area (TPSA) is 66.4 Å². The van der Waals surface area contributed by atoms with Crippen molar-refractivity contribution in [1.29, 1.82) is 0 Å². The van der Waals surface area contributed by atoms with E-state index in [1.165, 1.54) is 11.3 Å². The van der Waals surface area contributed by atoms with Gasteiger partial charge in [0.2, 0.25) is 0 Å². The average Bonchev–Trinajstić information content (AvgIpc) is 2.63. The van der Waals surface area contributed by atoms with Gasteiger partial charge in [0.15, 0.2) is 0 Å². The molecule has 0 fully saturated rings. The number of carboxylic acids is 1. The van der Waals surface area contributed by atoms with Gasteiger partial charge in [-0.15, -0.1) is 11.3 Å². The zero-order valence-electron chi connectivity index (χ0n) is 8.70. The fraction of sp³-hybridized carbons (Fsp3) is 0.400. The molecule has 0 aromatic carbocycles. The number of carbonyl (C=O) groups is 2. The van der Waals surface area contributed by atoms with Crippen LogP contribution >= 0.6 is 22.9 Å². The van der Waals surface area contributed by atoms with E-state index < -0.39 is 17.9 Å². The van der Waals surface area contributed by atoms with Gasteiger partial charge in [-0.25, -0.2) is 4.79 Å². The van der Waals surface area contributed by atoms with Gasteiger partial charge in [-0.3, -0.25) is 4.79 Å². The number of rotatable bonds is 5. The number of carbonyl (C=O) groups excluding carboxylic acids is 1. The van der Waals surface area contributed by atoms with Crippen molar-refractivity contribution in [2.45, 2.75) is 25.8 Å². The maximum absolute atomic E-state index is 11.7. The molecule has 1 atom stereocenters. The van der Waals surface area contributed by atoms with E-state index in [2.05, 4.69) is 5.32 Å². The standard InChI is InChI=1S/C10H12ClNO3S/c1-2-3-7(10(14)15)12-9(13)8-6(11)4-5-16-8/h4-5,7H,2-3H2,1H3,(H,12,13)(H,14,15)/t7-/m0/s1. The molecule has 0 saturated carbocycles. The number of thiophene rings is 1. The zero-order chi connectivity index (χ0) is 12.1. The normalized spacial score (nSPS) is 12.1. The molecule has 1 aromatic rings. The molecular weight excluding hydrogens is 250 g/mol. The Hall–Kier alpha value is -1.07. The summed E-state index contributed by atoms with van der Waals surface area (Å²) in [5.41, 5.74) is 0. The molecular formula is C10H12ClNO3S. The van der Waals surface area contributed by atoms with Crippen LogP contribution in [-0.4, -0.2) is 23.0 Å². The predicted octanol–water partition coefficient (Wildman–Crippen LogP) is 2.38. The summed E-state index contributed by atoms with van der Waals surface area (Å²) >= 11 is 6.97. The van der Waals surface area contributed by atoms with Crippen LogP contribution in [0.3, 0.4) is 0 Å². The second kappa shape index (κ2) is 5.86. The summed E-state index contributed by atoms with van der Waals surface area (Å²) in [6.45, 7) is 1.86. The van der Waals surface area contributed by atoms with E-state index in [-0.39, 0.29) is 0 Å². The van der Waals surface area contributed by atoms with Crippen LogP contribution in [0.1, 0.15) is 29.4 Å². The third-order valence-electron chi connectivity index (χ3n) is 2.00. The molecule has 4 nitrogen and oxygen atoms in total. The smallest absolute Gasteiger partial charge is 0.326 e. The molecule has 0 aliphatic rings. The molecule has 2 N–H and O–H groups in total. The largest absolute Gasteiger partial charge is 0.480 e. The van der Waals surface area contributed by atoms with Crippen molar-refractivity contribution in [3.05, 3.63) is 21.3 Å².